The molecule has 0 fully saturated rings. The zero-order valence-electron chi connectivity index (χ0n) is 9.71. The number of carbonyl (C=O) groups excluding carboxylic acids is 2. The van der Waals surface area contributed by atoms with Crippen LogP contribution in [0.15, 0.2) is 60.7 Å². The normalized spacial score (nSPS) is 9.05. The van der Waals surface area contributed by atoms with Gasteiger partial charge in [0.1, 0.15) is 0 Å². The second-order valence-corrected chi connectivity index (χ2v) is 3.47. The van der Waals surface area contributed by atoms with Crippen LogP contribution in [0.4, 0.5) is 0 Å². The predicted octanol–water partition coefficient (Wildman–Crippen LogP) is 2.61. The Morgan fingerprint density at radius 3 is 1.26 bits per heavy atom. The van der Waals surface area contributed by atoms with Gasteiger partial charge in [0, 0.05) is 22.4 Å². The molecule has 1 radical (unpaired) electrons. The van der Waals surface area contributed by atoms with E-state index in [9.17, 15) is 9.59 Å². The van der Waals surface area contributed by atoms with Gasteiger partial charge in [-0.1, -0.05) is 36.4 Å². The van der Waals surface area contributed by atoms with Crippen molar-refractivity contribution in [3.8, 4) is 0 Å². The number of benzene rings is 2. The van der Waals surface area contributed by atoms with Gasteiger partial charge in [0.05, 0.1) is 11.1 Å². The van der Waals surface area contributed by atoms with E-state index >= 15 is 0 Å². The fraction of sp³-hybridized carbons (Fsp3) is 0. The maximum absolute atomic E-state index is 11.5. The Bertz CT molecular complexity index is 488. The van der Waals surface area contributed by atoms with Crippen LogP contribution in [0.2, 0.25) is 0 Å². The van der Waals surface area contributed by atoms with E-state index in [1.807, 2.05) is 0 Å². The molecule has 0 saturated heterocycles. The van der Waals surface area contributed by atoms with Crippen molar-refractivity contribution in [1.29, 1.82) is 0 Å². The molecule has 0 N–H and O–H groups in total. The van der Waals surface area contributed by atoms with Gasteiger partial charge in [0.15, 0.2) is 0 Å². The zero-order chi connectivity index (χ0) is 12.8. The van der Waals surface area contributed by atoms with Crippen molar-refractivity contribution in [3.63, 3.8) is 0 Å². The molecule has 2 rings (SSSR count). The number of hydrogen-bond donors (Lipinski definition) is 0. The minimum atomic E-state index is -0.708. The summed E-state index contributed by atoms with van der Waals surface area (Å²) in [7, 11) is 0. The van der Waals surface area contributed by atoms with Crippen molar-refractivity contribution in [2.24, 2.45) is 0 Å². The summed E-state index contributed by atoms with van der Waals surface area (Å²) >= 11 is 0. The number of rotatable bonds is 2. The Morgan fingerprint density at radius 2 is 0.947 bits per heavy atom. The monoisotopic (exact) mass is 349 g/mol. The maximum atomic E-state index is 11.5. The molecule has 0 aliphatic rings. The van der Waals surface area contributed by atoms with E-state index in [0.717, 1.165) is 0 Å². The zero-order valence-corrected chi connectivity index (χ0v) is 11.2. The number of hydrogen-bond acceptors (Lipinski definition) is 4. The molecule has 4 nitrogen and oxygen atoms in total. The SMILES string of the molecule is O=C(OOC(=O)c1ccccc1)c1ccccc1.[Ag]. The van der Waals surface area contributed by atoms with Crippen molar-refractivity contribution >= 4 is 11.9 Å². The molecular formula is C14H10AgO4. The molecule has 0 saturated carbocycles. The molecule has 0 aliphatic heterocycles. The molecule has 0 unspecified atom stereocenters. The first-order valence-electron chi connectivity index (χ1n) is 5.30. The van der Waals surface area contributed by atoms with Gasteiger partial charge in [-0.25, -0.2) is 19.4 Å². The summed E-state index contributed by atoms with van der Waals surface area (Å²) in [5, 5.41) is 0. The van der Waals surface area contributed by atoms with Crippen molar-refractivity contribution in [3.05, 3.63) is 71.8 Å². The van der Waals surface area contributed by atoms with Crippen LogP contribution in [-0.2, 0) is 32.2 Å². The first-order chi connectivity index (χ1) is 8.77. The molecule has 19 heavy (non-hydrogen) atoms. The van der Waals surface area contributed by atoms with Crippen LogP contribution in [0, 0.1) is 0 Å². The fourth-order valence-corrected chi connectivity index (χ4v) is 1.32. The molecule has 0 spiro atoms. The first-order valence-corrected chi connectivity index (χ1v) is 5.30. The van der Waals surface area contributed by atoms with E-state index in [-0.39, 0.29) is 22.4 Å². The van der Waals surface area contributed by atoms with Gasteiger partial charge in [0.2, 0.25) is 0 Å². The topological polar surface area (TPSA) is 52.6 Å². The largest absolute Gasteiger partial charge is 0.386 e. The molecule has 2 aromatic rings. The fourth-order valence-electron chi connectivity index (χ4n) is 1.32. The molecule has 2 aromatic carbocycles. The maximum Gasteiger partial charge on any atom is 0.386 e. The van der Waals surface area contributed by atoms with E-state index < -0.39 is 11.9 Å². The van der Waals surface area contributed by atoms with Crippen molar-refractivity contribution < 1.29 is 41.7 Å². The predicted molar refractivity (Wildman–Crippen MR) is 63.7 cm³/mol. The molecule has 0 aliphatic carbocycles. The minimum absolute atomic E-state index is 0. The van der Waals surface area contributed by atoms with Crippen LogP contribution < -0.4 is 0 Å². The Morgan fingerprint density at radius 1 is 0.632 bits per heavy atom. The average molecular weight is 350 g/mol. The average Bonchev–Trinajstić information content (AvgIpc) is 2.46. The van der Waals surface area contributed by atoms with Crippen LogP contribution in [0.1, 0.15) is 20.7 Å². The summed E-state index contributed by atoms with van der Waals surface area (Å²) in [6, 6.07) is 16.6. The van der Waals surface area contributed by atoms with Gasteiger partial charge in [0.25, 0.3) is 0 Å². The van der Waals surface area contributed by atoms with E-state index in [1.165, 1.54) is 0 Å². The van der Waals surface area contributed by atoms with Crippen LogP contribution >= 0.6 is 0 Å². The molecule has 0 bridgehead atoms. The molecule has 0 atom stereocenters. The summed E-state index contributed by atoms with van der Waals surface area (Å²) in [6.45, 7) is 0. The summed E-state index contributed by atoms with van der Waals surface area (Å²) in [5.74, 6) is -1.42. The number of carbonyl (C=O) groups is 2. The second-order valence-electron chi connectivity index (χ2n) is 3.47. The summed E-state index contributed by atoms with van der Waals surface area (Å²) in [4.78, 5) is 31.9. The Hall–Kier alpha value is -1.88. The third-order valence-electron chi connectivity index (χ3n) is 2.21. The van der Waals surface area contributed by atoms with E-state index in [2.05, 4.69) is 9.78 Å². The molecule has 0 aromatic heterocycles. The second kappa shape index (κ2) is 7.53. The van der Waals surface area contributed by atoms with Crippen molar-refractivity contribution in [1.82, 2.24) is 0 Å². The minimum Gasteiger partial charge on any atom is -0.242 e. The summed E-state index contributed by atoms with van der Waals surface area (Å²) < 4.78 is 0. The summed E-state index contributed by atoms with van der Waals surface area (Å²) in [5.41, 5.74) is 0.636. The van der Waals surface area contributed by atoms with Crippen LogP contribution in [-0.4, -0.2) is 11.9 Å². The van der Waals surface area contributed by atoms with Gasteiger partial charge in [-0.15, -0.1) is 0 Å². The van der Waals surface area contributed by atoms with Crippen molar-refractivity contribution in [2.45, 2.75) is 0 Å². The third-order valence-corrected chi connectivity index (χ3v) is 2.21. The van der Waals surface area contributed by atoms with Gasteiger partial charge in [-0.2, -0.15) is 0 Å². The quantitative estimate of drug-likeness (QED) is 0.475. The molecule has 101 valence electrons. The van der Waals surface area contributed by atoms with Gasteiger partial charge >= 0.3 is 11.9 Å². The van der Waals surface area contributed by atoms with E-state index in [4.69, 9.17) is 0 Å². The van der Waals surface area contributed by atoms with Crippen LogP contribution in [0.5, 0.6) is 0 Å². The smallest absolute Gasteiger partial charge is 0.242 e. The Balaban J connectivity index is 0.00000180. The molecule has 0 heterocycles. The van der Waals surface area contributed by atoms with Gasteiger partial charge in [-0.05, 0) is 24.3 Å². The third kappa shape index (κ3) is 4.37. The molecule has 0 amide bonds. The molecular weight excluding hydrogens is 340 g/mol. The van der Waals surface area contributed by atoms with Crippen molar-refractivity contribution in [2.75, 3.05) is 0 Å². The Labute approximate surface area is 125 Å². The van der Waals surface area contributed by atoms with Gasteiger partial charge < -0.3 is 0 Å². The molecule has 5 heteroatoms. The first kappa shape index (κ1) is 15.2. The van der Waals surface area contributed by atoms with Crippen LogP contribution in [0.3, 0.4) is 0 Å². The van der Waals surface area contributed by atoms with Gasteiger partial charge in [-0.3, -0.25) is 0 Å². The van der Waals surface area contributed by atoms with E-state index in [0.29, 0.717) is 11.1 Å². The Kier molecular flexibility index (Phi) is 6.02. The standard InChI is InChI=1S/C14H10O4.Ag/c15-13(11-7-3-1-4-8-11)17-18-14(16)12-9-5-2-6-10-12;/h1-10H;. The summed E-state index contributed by atoms with van der Waals surface area (Å²) in [6.07, 6.45) is 0. The van der Waals surface area contributed by atoms with Crippen LogP contribution in [0.25, 0.3) is 0 Å². The van der Waals surface area contributed by atoms with E-state index in [1.54, 1.807) is 60.7 Å².